The van der Waals surface area contributed by atoms with Gasteiger partial charge in [-0.15, -0.1) is 0 Å². The van der Waals surface area contributed by atoms with Crippen LogP contribution in [0.25, 0.3) is 56.1 Å². The molecule has 0 spiro atoms. The first-order valence-corrected chi connectivity index (χ1v) is 19.2. The number of hydrogen-bond acceptors (Lipinski definition) is 7. The number of furan rings is 1. The minimum absolute atomic E-state index is 0.111. The van der Waals surface area contributed by atoms with Crippen LogP contribution in [0, 0.1) is 0 Å². The normalized spacial score (nSPS) is 19.8. The molecule has 4 heterocycles. The molecule has 0 N–H and O–H groups in total. The van der Waals surface area contributed by atoms with E-state index in [9.17, 15) is 0 Å². The lowest BCUT2D eigenvalue weighted by Crippen LogP contribution is -2.34. The summed E-state index contributed by atoms with van der Waals surface area (Å²) < 4.78 is 13.2. The lowest BCUT2D eigenvalue weighted by molar-refractivity contribution is 0.275. The van der Waals surface area contributed by atoms with Crippen LogP contribution in [-0.2, 0) is 0 Å². The Hall–Kier alpha value is -6.99. The van der Waals surface area contributed by atoms with Crippen molar-refractivity contribution in [3.63, 3.8) is 0 Å². The van der Waals surface area contributed by atoms with Gasteiger partial charge in [-0.2, -0.15) is 0 Å². The summed E-state index contributed by atoms with van der Waals surface area (Å²) in [6, 6.07) is 41.0. The second kappa shape index (κ2) is 13.4. The summed E-state index contributed by atoms with van der Waals surface area (Å²) >= 11 is 0. The van der Waals surface area contributed by atoms with E-state index in [1.807, 2.05) is 84.9 Å². The first-order chi connectivity index (χ1) is 27.7. The van der Waals surface area contributed by atoms with Crippen LogP contribution >= 0.6 is 0 Å². The number of aromatic nitrogens is 3. The van der Waals surface area contributed by atoms with E-state index < -0.39 is 0 Å². The summed E-state index contributed by atoms with van der Waals surface area (Å²) in [5.74, 6) is 3.66. The largest absolute Gasteiger partial charge is 0.481 e. The third kappa shape index (κ3) is 5.63. The van der Waals surface area contributed by atoms with Crippen molar-refractivity contribution in [1.29, 1.82) is 0 Å². The van der Waals surface area contributed by atoms with Gasteiger partial charge in [0, 0.05) is 39.0 Å². The van der Waals surface area contributed by atoms with Crippen molar-refractivity contribution >= 4 is 33.5 Å². The van der Waals surface area contributed by atoms with Gasteiger partial charge in [0.1, 0.15) is 23.0 Å². The fourth-order valence-corrected chi connectivity index (χ4v) is 8.27. The molecule has 0 bridgehead atoms. The third-order valence-electron chi connectivity index (χ3n) is 11.1. The maximum absolute atomic E-state index is 6.72. The average molecular weight is 726 g/mol. The van der Waals surface area contributed by atoms with E-state index in [1.165, 1.54) is 11.1 Å². The number of aliphatic imine (C=N–C) groups is 2. The maximum Gasteiger partial charge on any atom is 0.167 e. The molecule has 7 heteroatoms. The minimum atomic E-state index is -0.201. The van der Waals surface area contributed by atoms with E-state index in [-0.39, 0.29) is 18.1 Å². The number of rotatable bonds is 6. The molecule has 2 aromatic heterocycles. The van der Waals surface area contributed by atoms with Crippen molar-refractivity contribution in [2.24, 2.45) is 9.98 Å². The Morgan fingerprint density at radius 1 is 0.696 bits per heavy atom. The first kappa shape index (κ1) is 32.4. The molecule has 5 aromatic carbocycles. The van der Waals surface area contributed by atoms with Gasteiger partial charge in [-0.05, 0) is 48.6 Å². The molecule has 56 heavy (non-hydrogen) atoms. The van der Waals surface area contributed by atoms with Crippen molar-refractivity contribution in [1.82, 2.24) is 15.0 Å². The molecule has 11 rings (SSSR count). The van der Waals surface area contributed by atoms with Crippen LogP contribution < -0.4 is 4.74 Å². The second-order valence-corrected chi connectivity index (χ2v) is 14.6. The number of benzene rings is 5. The van der Waals surface area contributed by atoms with E-state index in [1.54, 1.807) is 0 Å². The summed E-state index contributed by atoms with van der Waals surface area (Å²) in [5, 5.41) is 2.08. The number of amidine groups is 1. The number of nitrogens with zero attached hydrogens (tertiary/aromatic N) is 5. The van der Waals surface area contributed by atoms with Gasteiger partial charge >= 0.3 is 0 Å². The molecule has 3 unspecified atom stereocenters. The molecular formula is C49H35N5O2. The molecule has 0 radical (unpaired) electrons. The molecular weight excluding hydrogens is 691 g/mol. The van der Waals surface area contributed by atoms with Crippen molar-refractivity contribution in [3.05, 3.63) is 180 Å². The fourth-order valence-electron chi connectivity index (χ4n) is 8.27. The van der Waals surface area contributed by atoms with Crippen LogP contribution in [0.1, 0.15) is 42.3 Å². The highest BCUT2D eigenvalue weighted by Gasteiger charge is 2.41. The van der Waals surface area contributed by atoms with E-state index >= 15 is 0 Å². The van der Waals surface area contributed by atoms with Crippen molar-refractivity contribution in [3.8, 4) is 39.9 Å². The topological polar surface area (TPSA) is 85.8 Å². The van der Waals surface area contributed by atoms with Gasteiger partial charge in [0.2, 0.25) is 0 Å². The highest BCUT2D eigenvalue weighted by atomic mass is 16.5. The maximum atomic E-state index is 6.72. The monoisotopic (exact) mass is 725 g/mol. The van der Waals surface area contributed by atoms with Crippen LogP contribution in [-0.4, -0.2) is 32.6 Å². The molecule has 0 amide bonds. The second-order valence-electron chi connectivity index (χ2n) is 14.6. The molecule has 3 atom stereocenters. The van der Waals surface area contributed by atoms with Gasteiger partial charge in [-0.3, -0.25) is 4.99 Å². The van der Waals surface area contributed by atoms with Gasteiger partial charge < -0.3 is 9.15 Å². The Morgan fingerprint density at radius 3 is 2.21 bits per heavy atom. The minimum Gasteiger partial charge on any atom is -0.481 e. The van der Waals surface area contributed by atoms with E-state index in [2.05, 4.69) is 72.9 Å². The van der Waals surface area contributed by atoms with Crippen LogP contribution in [0.4, 0.5) is 0 Å². The molecule has 0 fully saturated rings. The van der Waals surface area contributed by atoms with E-state index in [0.717, 1.165) is 86.3 Å². The quantitative estimate of drug-likeness (QED) is 0.170. The number of allylic oxidation sites excluding steroid dienone is 5. The van der Waals surface area contributed by atoms with Gasteiger partial charge in [-0.1, -0.05) is 140 Å². The zero-order valence-electron chi connectivity index (χ0n) is 30.4. The standard InChI is InChI=1S/C49H35N5O2/c1-4-13-31(14-5-1)42-45-43(38-19-10-11-22-40(38)55-45)51-46(50-42)34-25-23-30(24-26-34)35-27-28-36-37-20-12-21-39(44(37)56-41(36)29-35)49-53-47(32-15-6-2-7-16-32)52-48(54-49)33-17-8-3-9-18-33/h1-4,6-13,15-23,25-30,43,45H,5,14,24H2. The number of fused-ring (bicyclic) bond motifs is 6. The highest BCUT2D eigenvalue weighted by Crippen LogP contribution is 2.44. The third-order valence-corrected chi connectivity index (χ3v) is 11.1. The molecule has 2 aliphatic carbocycles. The van der Waals surface area contributed by atoms with Gasteiger partial charge in [0.05, 0.1) is 11.3 Å². The molecule has 2 aliphatic heterocycles. The number of para-hydroxylation sites is 2. The highest BCUT2D eigenvalue weighted by molar-refractivity contribution is 6.17. The van der Waals surface area contributed by atoms with Crippen LogP contribution in [0.3, 0.4) is 0 Å². The summed E-state index contributed by atoms with van der Waals surface area (Å²) in [6.07, 6.45) is 15.8. The number of ether oxygens (including phenoxy) is 1. The van der Waals surface area contributed by atoms with Crippen LogP contribution in [0.5, 0.6) is 5.75 Å². The average Bonchev–Trinajstić information content (AvgIpc) is 3.85. The molecule has 7 nitrogen and oxygen atoms in total. The number of hydrogen-bond donors (Lipinski definition) is 0. The molecule has 7 aromatic rings. The Kier molecular flexibility index (Phi) is 7.76. The summed E-state index contributed by atoms with van der Waals surface area (Å²) in [6.45, 7) is 0. The first-order valence-electron chi connectivity index (χ1n) is 19.2. The predicted molar refractivity (Wildman–Crippen MR) is 223 cm³/mol. The summed E-state index contributed by atoms with van der Waals surface area (Å²) in [7, 11) is 0. The van der Waals surface area contributed by atoms with Crippen molar-refractivity contribution in [2.75, 3.05) is 0 Å². The van der Waals surface area contributed by atoms with Gasteiger partial charge in [-0.25, -0.2) is 19.9 Å². The summed E-state index contributed by atoms with van der Waals surface area (Å²) in [5.41, 5.74) is 9.86. The zero-order chi connectivity index (χ0) is 37.0. The smallest absolute Gasteiger partial charge is 0.167 e. The molecule has 268 valence electrons. The lowest BCUT2D eigenvalue weighted by atomic mass is 9.88. The Morgan fingerprint density at radius 2 is 1.46 bits per heavy atom. The van der Waals surface area contributed by atoms with E-state index in [0.29, 0.717) is 17.5 Å². The van der Waals surface area contributed by atoms with Crippen LogP contribution in [0.2, 0.25) is 0 Å². The van der Waals surface area contributed by atoms with Crippen LogP contribution in [0.15, 0.2) is 183 Å². The Labute approximate surface area is 323 Å². The van der Waals surface area contributed by atoms with Gasteiger partial charge in [0.25, 0.3) is 0 Å². The lowest BCUT2D eigenvalue weighted by Gasteiger charge is -2.27. The van der Waals surface area contributed by atoms with Gasteiger partial charge in [0.15, 0.2) is 29.4 Å². The van der Waals surface area contributed by atoms with E-state index in [4.69, 9.17) is 34.1 Å². The zero-order valence-corrected chi connectivity index (χ0v) is 30.4. The summed E-state index contributed by atoms with van der Waals surface area (Å²) in [4.78, 5) is 25.2. The molecule has 4 aliphatic rings. The van der Waals surface area contributed by atoms with Crippen molar-refractivity contribution < 1.29 is 9.15 Å². The SMILES string of the molecule is C1=CCCC(C2=NC(C3=CCC(c4ccc5c(c4)oc4c(-c6nc(-c7ccccc7)nc(-c7ccccc7)n6)cccc45)C=C3)=NC3c4ccccc4OC23)=C1. The predicted octanol–water partition coefficient (Wildman–Crippen LogP) is 11.4. The molecule has 0 saturated carbocycles. The Balaban J connectivity index is 0.924. The fraction of sp³-hybridized carbons (Fsp3) is 0.122. The Bertz CT molecular complexity index is 2820. The molecule has 0 saturated heterocycles. The van der Waals surface area contributed by atoms with Crippen molar-refractivity contribution in [2.45, 2.75) is 37.3 Å².